The van der Waals surface area contributed by atoms with Gasteiger partial charge in [-0.05, 0) is 12.8 Å². The lowest BCUT2D eigenvalue weighted by Crippen LogP contribution is -2.04. The molecule has 0 saturated carbocycles. The molecule has 10 heavy (non-hydrogen) atoms. The van der Waals surface area contributed by atoms with Crippen molar-refractivity contribution in [2.75, 3.05) is 6.61 Å². The number of unbranched alkanes of at least 4 members (excludes halogenated alkanes) is 2. The standard InChI is InChI=1S/C5H11O4S/c1-2-3-4-5-9-10(6,7)8/h4H,2-3,5H2,1H3,(H,6,7,8). The van der Waals surface area contributed by atoms with Gasteiger partial charge in [-0.15, -0.1) is 0 Å². The molecule has 0 aromatic rings. The molecule has 0 aromatic heterocycles. The van der Waals surface area contributed by atoms with Crippen LogP contribution >= 0.6 is 0 Å². The smallest absolute Gasteiger partial charge is 0.264 e. The monoisotopic (exact) mass is 167 g/mol. The van der Waals surface area contributed by atoms with Gasteiger partial charge in [0.05, 0.1) is 6.61 Å². The first kappa shape index (κ1) is 9.87. The Bertz CT molecular complexity index is 160. The SMILES string of the molecule is CCC[CH]COS(=O)(=O)O. The molecule has 0 amide bonds. The zero-order valence-electron chi connectivity index (χ0n) is 5.78. The summed E-state index contributed by atoms with van der Waals surface area (Å²) in [5, 5.41) is 0. The van der Waals surface area contributed by atoms with Crippen molar-refractivity contribution in [3.8, 4) is 0 Å². The topological polar surface area (TPSA) is 63.6 Å². The predicted molar refractivity (Wildman–Crippen MR) is 36.7 cm³/mol. The summed E-state index contributed by atoms with van der Waals surface area (Å²) in [6, 6.07) is 0. The van der Waals surface area contributed by atoms with E-state index in [1.807, 2.05) is 6.92 Å². The van der Waals surface area contributed by atoms with Crippen LogP contribution in [0, 0.1) is 6.42 Å². The van der Waals surface area contributed by atoms with E-state index in [1.54, 1.807) is 6.42 Å². The van der Waals surface area contributed by atoms with Crippen molar-refractivity contribution in [3.63, 3.8) is 0 Å². The third kappa shape index (κ3) is 7.87. The second-order valence-electron chi connectivity index (χ2n) is 1.79. The minimum absolute atomic E-state index is 0.0489. The fraction of sp³-hybridized carbons (Fsp3) is 0.800. The van der Waals surface area contributed by atoms with Gasteiger partial charge in [-0.1, -0.05) is 13.3 Å². The molecule has 0 aromatic carbocycles. The molecule has 0 unspecified atom stereocenters. The number of rotatable bonds is 5. The lowest BCUT2D eigenvalue weighted by Gasteiger charge is -1.96. The first-order valence-corrected chi connectivity index (χ1v) is 4.36. The van der Waals surface area contributed by atoms with Crippen LogP contribution in [0.5, 0.6) is 0 Å². The molecule has 0 aliphatic carbocycles. The van der Waals surface area contributed by atoms with Gasteiger partial charge in [-0.25, -0.2) is 4.18 Å². The van der Waals surface area contributed by atoms with Gasteiger partial charge >= 0.3 is 10.4 Å². The molecule has 0 rings (SSSR count). The van der Waals surface area contributed by atoms with E-state index in [0.29, 0.717) is 0 Å². The molecule has 0 aliphatic heterocycles. The molecule has 0 atom stereocenters. The van der Waals surface area contributed by atoms with Gasteiger partial charge in [-0.3, -0.25) is 4.55 Å². The Morgan fingerprint density at radius 1 is 1.60 bits per heavy atom. The first-order valence-electron chi connectivity index (χ1n) is 2.99. The summed E-state index contributed by atoms with van der Waals surface area (Å²) in [7, 11) is -4.24. The molecule has 1 N–H and O–H groups in total. The van der Waals surface area contributed by atoms with Crippen LogP contribution < -0.4 is 0 Å². The van der Waals surface area contributed by atoms with Crippen LogP contribution in [0.25, 0.3) is 0 Å². The van der Waals surface area contributed by atoms with E-state index in [2.05, 4.69) is 4.18 Å². The molecule has 0 aliphatic rings. The van der Waals surface area contributed by atoms with Gasteiger partial charge in [0.2, 0.25) is 0 Å². The van der Waals surface area contributed by atoms with E-state index < -0.39 is 10.4 Å². The maximum atomic E-state index is 9.91. The molecule has 1 radical (unpaired) electrons. The van der Waals surface area contributed by atoms with Gasteiger partial charge in [0, 0.05) is 0 Å². The summed E-state index contributed by atoms with van der Waals surface area (Å²) in [5.74, 6) is 0. The minimum atomic E-state index is -4.24. The second-order valence-corrected chi connectivity index (χ2v) is 2.88. The molecule has 0 spiro atoms. The van der Waals surface area contributed by atoms with Gasteiger partial charge < -0.3 is 0 Å². The van der Waals surface area contributed by atoms with Crippen molar-refractivity contribution in [2.45, 2.75) is 19.8 Å². The maximum absolute atomic E-state index is 9.91. The van der Waals surface area contributed by atoms with Crippen LogP contribution in [0.1, 0.15) is 19.8 Å². The minimum Gasteiger partial charge on any atom is -0.264 e. The third-order valence-electron chi connectivity index (χ3n) is 0.828. The average Bonchev–Trinajstić information content (AvgIpc) is 1.78. The fourth-order valence-electron chi connectivity index (χ4n) is 0.422. The molecular weight excluding hydrogens is 156 g/mol. The quantitative estimate of drug-likeness (QED) is 0.486. The Balaban J connectivity index is 3.21. The molecule has 0 fully saturated rings. The molecule has 0 saturated heterocycles. The molecule has 4 nitrogen and oxygen atoms in total. The Kier molecular flexibility index (Phi) is 4.59. The summed E-state index contributed by atoms with van der Waals surface area (Å²) in [5.41, 5.74) is 0. The Morgan fingerprint density at radius 3 is 2.60 bits per heavy atom. The highest BCUT2D eigenvalue weighted by molar-refractivity contribution is 7.80. The highest BCUT2D eigenvalue weighted by Gasteiger charge is 2.01. The van der Waals surface area contributed by atoms with Crippen LogP contribution in [0.15, 0.2) is 0 Å². The average molecular weight is 167 g/mol. The maximum Gasteiger partial charge on any atom is 0.397 e. The Hall–Kier alpha value is -0.130. The van der Waals surface area contributed by atoms with Gasteiger partial charge in [0.1, 0.15) is 0 Å². The van der Waals surface area contributed by atoms with E-state index in [1.165, 1.54) is 0 Å². The van der Waals surface area contributed by atoms with Crippen LogP contribution in [-0.2, 0) is 14.6 Å². The van der Waals surface area contributed by atoms with Crippen molar-refractivity contribution in [1.82, 2.24) is 0 Å². The van der Waals surface area contributed by atoms with Gasteiger partial charge in [0.25, 0.3) is 0 Å². The lowest BCUT2D eigenvalue weighted by molar-refractivity contribution is 0.286. The molecular formula is C5H11O4S. The van der Waals surface area contributed by atoms with Gasteiger partial charge in [-0.2, -0.15) is 8.42 Å². The molecule has 0 heterocycles. The summed E-state index contributed by atoms with van der Waals surface area (Å²) >= 11 is 0. The molecule has 0 bridgehead atoms. The highest BCUT2D eigenvalue weighted by atomic mass is 32.3. The zero-order chi connectivity index (χ0) is 8.04. The lowest BCUT2D eigenvalue weighted by atomic mass is 10.3. The predicted octanol–water partition coefficient (Wildman–Crippen LogP) is 0.810. The Morgan fingerprint density at radius 2 is 2.20 bits per heavy atom. The van der Waals surface area contributed by atoms with Crippen LogP contribution in [0.2, 0.25) is 0 Å². The van der Waals surface area contributed by atoms with Crippen molar-refractivity contribution >= 4 is 10.4 Å². The summed E-state index contributed by atoms with van der Waals surface area (Å²) in [6.45, 7) is 1.91. The van der Waals surface area contributed by atoms with Crippen molar-refractivity contribution < 1.29 is 17.2 Å². The van der Waals surface area contributed by atoms with E-state index in [0.717, 1.165) is 12.8 Å². The van der Waals surface area contributed by atoms with Crippen molar-refractivity contribution in [2.24, 2.45) is 0 Å². The van der Waals surface area contributed by atoms with E-state index >= 15 is 0 Å². The van der Waals surface area contributed by atoms with Crippen LogP contribution in [0.4, 0.5) is 0 Å². The third-order valence-corrected chi connectivity index (χ3v) is 1.26. The largest absolute Gasteiger partial charge is 0.397 e. The second kappa shape index (κ2) is 4.65. The zero-order valence-corrected chi connectivity index (χ0v) is 6.60. The fourth-order valence-corrected chi connectivity index (χ4v) is 0.690. The Labute approximate surface area is 61.2 Å². The summed E-state index contributed by atoms with van der Waals surface area (Å²) < 4.78 is 31.9. The van der Waals surface area contributed by atoms with Crippen LogP contribution in [-0.4, -0.2) is 19.6 Å². The number of hydrogen-bond acceptors (Lipinski definition) is 3. The molecule has 61 valence electrons. The summed E-state index contributed by atoms with van der Waals surface area (Å²) in [4.78, 5) is 0. The van der Waals surface area contributed by atoms with Crippen LogP contribution in [0.3, 0.4) is 0 Å². The molecule has 5 heteroatoms. The normalized spacial score (nSPS) is 11.8. The van der Waals surface area contributed by atoms with Gasteiger partial charge in [0.15, 0.2) is 0 Å². The summed E-state index contributed by atoms with van der Waals surface area (Å²) in [6.07, 6.45) is 3.37. The van der Waals surface area contributed by atoms with E-state index in [4.69, 9.17) is 4.55 Å². The highest BCUT2D eigenvalue weighted by Crippen LogP contribution is 1.94. The first-order chi connectivity index (χ1) is 4.56. The number of hydrogen-bond donors (Lipinski definition) is 1. The van der Waals surface area contributed by atoms with E-state index in [-0.39, 0.29) is 6.61 Å². The van der Waals surface area contributed by atoms with Crippen molar-refractivity contribution in [1.29, 1.82) is 0 Å². The van der Waals surface area contributed by atoms with Crippen molar-refractivity contribution in [3.05, 3.63) is 6.42 Å². The van der Waals surface area contributed by atoms with E-state index in [9.17, 15) is 8.42 Å².